The highest BCUT2D eigenvalue weighted by Gasteiger charge is 2.28. The fourth-order valence-electron chi connectivity index (χ4n) is 9.23. The maximum absolute atomic E-state index is 12.6. The second-order valence-corrected chi connectivity index (χ2v) is 20.0. The average molecular weight is 893 g/mol. The van der Waals surface area contributed by atoms with Crippen LogP contribution in [0.1, 0.15) is 316 Å². The van der Waals surface area contributed by atoms with Crippen LogP contribution >= 0.6 is 0 Å². The number of hydrogen-bond donors (Lipinski definition) is 5. The topological polar surface area (TPSA) is 110 Å². The van der Waals surface area contributed by atoms with Gasteiger partial charge in [0.05, 0.1) is 18.8 Å². The molecule has 0 saturated carbocycles. The van der Waals surface area contributed by atoms with Crippen molar-refractivity contribution in [2.75, 3.05) is 6.61 Å². The Morgan fingerprint density at radius 3 is 0.921 bits per heavy atom. The van der Waals surface area contributed by atoms with Crippen molar-refractivity contribution in [2.24, 2.45) is 0 Å². The molecule has 6 heteroatoms. The van der Waals surface area contributed by atoms with Crippen LogP contribution in [0.25, 0.3) is 0 Å². The number of rotatable bonds is 53. The van der Waals surface area contributed by atoms with Crippen molar-refractivity contribution < 1.29 is 25.2 Å². The second-order valence-electron chi connectivity index (χ2n) is 20.0. The van der Waals surface area contributed by atoms with E-state index in [0.29, 0.717) is 12.8 Å². The number of unbranched alkanes of at least 4 members (excludes halogenated alkanes) is 42. The number of carbonyl (C=O) groups is 1. The first-order chi connectivity index (χ1) is 31.0. The monoisotopic (exact) mass is 892 g/mol. The van der Waals surface area contributed by atoms with Crippen LogP contribution in [-0.2, 0) is 4.79 Å². The van der Waals surface area contributed by atoms with Crippen LogP contribution in [0.4, 0.5) is 0 Å². The molecule has 1 amide bonds. The summed E-state index contributed by atoms with van der Waals surface area (Å²) in [7, 11) is 0. The van der Waals surface area contributed by atoms with Gasteiger partial charge in [-0.05, 0) is 38.5 Å². The predicted octanol–water partition coefficient (Wildman–Crippen LogP) is 16.5. The molecule has 4 atom stereocenters. The second kappa shape index (κ2) is 52.0. The van der Waals surface area contributed by atoms with Gasteiger partial charge in [0.25, 0.3) is 0 Å². The van der Waals surface area contributed by atoms with E-state index in [4.69, 9.17) is 0 Å². The first-order valence-corrected chi connectivity index (χ1v) is 28.6. The molecule has 0 rings (SSSR count). The van der Waals surface area contributed by atoms with E-state index in [1.54, 1.807) is 0 Å². The number of hydrogen-bond acceptors (Lipinski definition) is 5. The molecule has 4 unspecified atom stereocenters. The van der Waals surface area contributed by atoms with Crippen LogP contribution in [0.3, 0.4) is 0 Å². The fraction of sp³-hybridized carbons (Fsp3) is 0.947. The molecule has 0 aliphatic heterocycles. The molecule has 0 aliphatic carbocycles. The lowest BCUT2D eigenvalue weighted by Gasteiger charge is -2.27. The SMILES string of the molecule is CCCCCCCCCCC/C=C\CCCCCCCCC(O)C(=O)NC(CO)C(O)C(O)CCCCCCCCCCCCCCCCCCCCCCCCCCCCCC. The number of allylic oxidation sites excluding steroid dienone is 2. The van der Waals surface area contributed by atoms with Crippen molar-refractivity contribution in [2.45, 2.75) is 340 Å². The lowest BCUT2D eigenvalue weighted by molar-refractivity contribution is -0.132. The molecule has 0 heterocycles. The molecule has 0 aliphatic rings. The smallest absolute Gasteiger partial charge is 0.249 e. The molecule has 0 aromatic carbocycles. The van der Waals surface area contributed by atoms with Crippen molar-refractivity contribution in [3.05, 3.63) is 12.2 Å². The zero-order valence-corrected chi connectivity index (χ0v) is 42.6. The van der Waals surface area contributed by atoms with E-state index in [2.05, 4.69) is 31.3 Å². The van der Waals surface area contributed by atoms with Crippen molar-refractivity contribution in [3.63, 3.8) is 0 Å². The van der Waals surface area contributed by atoms with Crippen LogP contribution in [0.5, 0.6) is 0 Å². The minimum atomic E-state index is -1.26. The van der Waals surface area contributed by atoms with E-state index >= 15 is 0 Å². The molecule has 5 N–H and O–H groups in total. The number of carbonyl (C=O) groups excluding carboxylic acids is 1. The van der Waals surface area contributed by atoms with Crippen molar-refractivity contribution in [1.82, 2.24) is 5.32 Å². The molecule has 0 fully saturated rings. The zero-order valence-electron chi connectivity index (χ0n) is 42.6. The number of nitrogens with one attached hydrogen (secondary N) is 1. The Hall–Kier alpha value is -0.950. The van der Waals surface area contributed by atoms with Gasteiger partial charge in [0.15, 0.2) is 0 Å². The minimum absolute atomic E-state index is 0.365. The van der Waals surface area contributed by atoms with Gasteiger partial charge in [-0.15, -0.1) is 0 Å². The lowest BCUT2D eigenvalue weighted by Crippen LogP contribution is -2.53. The van der Waals surface area contributed by atoms with Gasteiger partial charge in [0, 0.05) is 0 Å². The van der Waals surface area contributed by atoms with Gasteiger partial charge in [-0.25, -0.2) is 0 Å². The minimum Gasteiger partial charge on any atom is -0.394 e. The summed E-state index contributed by atoms with van der Waals surface area (Å²) in [4.78, 5) is 12.6. The highest BCUT2D eigenvalue weighted by Crippen LogP contribution is 2.18. The van der Waals surface area contributed by atoms with Crippen LogP contribution < -0.4 is 5.32 Å². The number of aliphatic hydroxyl groups is 4. The van der Waals surface area contributed by atoms with Gasteiger partial charge in [0.1, 0.15) is 12.2 Å². The van der Waals surface area contributed by atoms with Gasteiger partial charge in [-0.3, -0.25) is 4.79 Å². The Morgan fingerprint density at radius 1 is 0.381 bits per heavy atom. The number of amides is 1. The van der Waals surface area contributed by atoms with E-state index in [-0.39, 0.29) is 0 Å². The van der Waals surface area contributed by atoms with E-state index in [9.17, 15) is 25.2 Å². The predicted molar refractivity (Wildman–Crippen MR) is 275 cm³/mol. The summed E-state index contributed by atoms with van der Waals surface area (Å²) < 4.78 is 0. The molecule has 0 radical (unpaired) electrons. The van der Waals surface area contributed by atoms with Gasteiger partial charge in [-0.1, -0.05) is 289 Å². The quantitative estimate of drug-likeness (QED) is 0.0309. The maximum atomic E-state index is 12.6. The first-order valence-electron chi connectivity index (χ1n) is 28.6. The average Bonchev–Trinajstić information content (AvgIpc) is 3.29. The van der Waals surface area contributed by atoms with Gasteiger partial charge >= 0.3 is 0 Å². The van der Waals surface area contributed by atoms with Gasteiger partial charge in [0.2, 0.25) is 5.91 Å². The highest BCUT2D eigenvalue weighted by molar-refractivity contribution is 5.80. The van der Waals surface area contributed by atoms with E-state index in [1.165, 1.54) is 244 Å². The summed E-state index contributed by atoms with van der Waals surface area (Å²) in [5, 5.41) is 44.0. The largest absolute Gasteiger partial charge is 0.394 e. The van der Waals surface area contributed by atoms with Crippen LogP contribution in [0.15, 0.2) is 12.2 Å². The Balaban J connectivity index is 3.59. The van der Waals surface area contributed by atoms with Crippen LogP contribution in [-0.4, -0.2) is 57.3 Å². The molecular formula is C57H113NO5. The van der Waals surface area contributed by atoms with Gasteiger partial charge in [-0.2, -0.15) is 0 Å². The van der Waals surface area contributed by atoms with Crippen LogP contribution in [0, 0.1) is 0 Å². The normalized spacial score (nSPS) is 13.8. The number of aliphatic hydroxyl groups excluding tert-OH is 4. The molecule has 0 aromatic heterocycles. The van der Waals surface area contributed by atoms with E-state index in [1.807, 2.05) is 0 Å². The van der Waals surface area contributed by atoms with Crippen molar-refractivity contribution in [1.29, 1.82) is 0 Å². The Bertz CT molecular complexity index is 913. The summed E-state index contributed by atoms with van der Waals surface area (Å²) >= 11 is 0. The van der Waals surface area contributed by atoms with E-state index in [0.717, 1.165) is 44.9 Å². The first kappa shape index (κ1) is 62.1. The summed E-state index contributed by atoms with van der Waals surface area (Å²) in [6, 6.07) is -0.986. The Morgan fingerprint density at radius 2 is 0.635 bits per heavy atom. The molecule has 0 aromatic rings. The summed E-state index contributed by atoms with van der Waals surface area (Å²) in [5.74, 6) is -0.583. The third-order valence-corrected chi connectivity index (χ3v) is 13.7. The Kier molecular flexibility index (Phi) is 51.2. The van der Waals surface area contributed by atoms with Crippen molar-refractivity contribution >= 4 is 5.91 Å². The van der Waals surface area contributed by atoms with Crippen LogP contribution in [0.2, 0.25) is 0 Å². The van der Waals surface area contributed by atoms with E-state index < -0.39 is 36.9 Å². The molecule has 376 valence electrons. The third kappa shape index (κ3) is 46.0. The molecule has 6 nitrogen and oxygen atoms in total. The Labute approximate surface area is 393 Å². The van der Waals surface area contributed by atoms with Crippen molar-refractivity contribution in [3.8, 4) is 0 Å². The molecule has 0 bridgehead atoms. The summed E-state index contributed by atoms with van der Waals surface area (Å²) in [5.41, 5.74) is 0. The summed E-state index contributed by atoms with van der Waals surface area (Å²) in [6.07, 6.45) is 61.4. The zero-order chi connectivity index (χ0) is 45.9. The third-order valence-electron chi connectivity index (χ3n) is 13.7. The molecular weight excluding hydrogens is 779 g/mol. The maximum Gasteiger partial charge on any atom is 0.249 e. The summed E-state index contributed by atoms with van der Waals surface area (Å²) in [6.45, 7) is 4.09. The van der Waals surface area contributed by atoms with Gasteiger partial charge < -0.3 is 25.7 Å². The molecule has 63 heavy (non-hydrogen) atoms. The molecule has 0 saturated heterocycles. The highest BCUT2D eigenvalue weighted by atomic mass is 16.3. The fourth-order valence-corrected chi connectivity index (χ4v) is 9.23. The molecule has 0 spiro atoms. The standard InChI is InChI=1S/C57H113NO5/c1-3-5-7-9-11-13-15-17-19-21-23-24-25-26-27-28-29-30-31-33-34-36-38-40-42-44-46-48-50-54(60)56(62)53(52-59)58-57(63)55(61)51-49-47-45-43-41-39-37-35-32-22-20-18-16-14-12-10-8-6-4-2/h32,35,53-56,59-62H,3-31,33-34,36-52H2,1-2H3,(H,58,63)/b35-32-. The lowest BCUT2D eigenvalue weighted by atomic mass is 9.99.